The second kappa shape index (κ2) is 7.79. The molecule has 0 aliphatic rings. The summed E-state index contributed by atoms with van der Waals surface area (Å²) in [5.74, 6) is -6.50. The van der Waals surface area contributed by atoms with Crippen molar-refractivity contribution in [3.63, 3.8) is 0 Å². The average molecular weight is 405 g/mol. The highest BCUT2D eigenvalue weighted by molar-refractivity contribution is 7.90. The largest absolute Gasteiger partial charge is 0.748 e. The van der Waals surface area contributed by atoms with Gasteiger partial charge in [0.25, 0.3) is 0 Å². The molecule has 0 saturated heterocycles. The van der Waals surface area contributed by atoms with Gasteiger partial charge in [0.2, 0.25) is 0 Å². The smallest absolute Gasteiger partial charge is 0.455 e. The highest BCUT2D eigenvalue weighted by Gasteiger charge is 2.57. The van der Waals surface area contributed by atoms with Gasteiger partial charge in [-0.2, -0.15) is 22.0 Å². The normalized spacial score (nSPS) is 16.8. The molecule has 1 unspecified atom stereocenters. The minimum atomic E-state index is -5.81. The van der Waals surface area contributed by atoms with E-state index in [2.05, 4.69) is 4.74 Å². The third-order valence-electron chi connectivity index (χ3n) is 3.18. The van der Waals surface area contributed by atoms with Crippen LogP contribution in [-0.4, -0.2) is 64.5 Å². The van der Waals surface area contributed by atoms with Crippen LogP contribution in [0, 0.1) is 5.41 Å². The van der Waals surface area contributed by atoms with E-state index < -0.39 is 68.6 Å². The number of ether oxygens (including phenoxy) is 1. The maximum absolute atomic E-state index is 12.8. The van der Waals surface area contributed by atoms with Gasteiger partial charge in [0.05, 0.1) is 22.5 Å². The van der Waals surface area contributed by atoms with E-state index in [4.69, 9.17) is 0 Å². The van der Waals surface area contributed by atoms with Crippen molar-refractivity contribution >= 4 is 20.0 Å². The molecule has 0 radical (unpaired) electrons. The van der Waals surface area contributed by atoms with Crippen LogP contribution in [0.2, 0.25) is 0 Å². The van der Waals surface area contributed by atoms with Gasteiger partial charge < -0.3 is 9.29 Å². The van der Waals surface area contributed by atoms with Crippen LogP contribution in [0.5, 0.6) is 0 Å². The summed E-state index contributed by atoms with van der Waals surface area (Å²) in [5.41, 5.74) is -1.37. The summed E-state index contributed by atoms with van der Waals surface area (Å²) in [4.78, 5) is 0. The van der Waals surface area contributed by atoms with Gasteiger partial charge in [-0.3, -0.25) is 0 Å². The second-order valence-corrected chi connectivity index (χ2v) is 9.68. The predicted molar refractivity (Wildman–Crippen MR) is 73.4 cm³/mol. The molecule has 0 aromatic rings. The number of hydrogen-bond acceptors (Lipinski definition) is 6. The molecule has 146 valence electrons. The molecule has 0 amide bonds. The van der Waals surface area contributed by atoms with Crippen molar-refractivity contribution < 1.29 is 48.1 Å². The van der Waals surface area contributed by atoms with E-state index in [9.17, 15) is 43.3 Å². The lowest BCUT2D eigenvalue weighted by Crippen LogP contribution is -2.42. The summed E-state index contributed by atoms with van der Waals surface area (Å²) < 4.78 is 120. The van der Waals surface area contributed by atoms with E-state index in [1.54, 1.807) is 0 Å². The maximum atomic E-state index is 12.8. The molecule has 0 rings (SSSR count). The Morgan fingerprint density at radius 2 is 1.38 bits per heavy atom. The Balaban J connectivity index is 4.94. The van der Waals surface area contributed by atoms with Crippen molar-refractivity contribution in [1.29, 1.82) is 0 Å². The zero-order valence-corrected chi connectivity index (χ0v) is 14.5. The molecule has 0 aromatic carbocycles. The number of sulfone groups is 1. The highest BCUT2D eigenvalue weighted by Crippen LogP contribution is 2.36. The first-order valence-corrected chi connectivity index (χ1v) is 10.1. The van der Waals surface area contributed by atoms with Gasteiger partial charge in [0.15, 0.2) is 0 Å². The van der Waals surface area contributed by atoms with Crippen LogP contribution in [0.25, 0.3) is 0 Å². The molecule has 24 heavy (non-hydrogen) atoms. The van der Waals surface area contributed by atoms with Gasteiger partial charge in [-0.25, -0.2) is 16.8 Å². The third kappa shape index (κ3) is 9.69. The minimum Gasteiger partial charge on any atom is -0.748 e. The van der Waals surface area contributed by atoms with Gasteiger partial charge in [0.1, 0.15) is 16.4 Å². The van der Waals surface area contributed by atoms with E-state index in [0.29, 0.717) is 0 Å². The Morgan fingerprint density at radius 1 is 0.917 bits per heavy atom. The fraction of sp³-hybridized carbons (Fsp3) is 1.00. The molecule has 0 aliphatic carbocycles. The molecule has 6 nitrogen and oxygen atoms in total. The van der Waals surface area contributed by atoms with E-state index in [1.165, 1.54) is 6.92 Å². The molecule has 0 bridgehead atoms. The van der Waals surface area contributed by atoms with Gasteiger partial charge in [-0.15, -0.1) is 0 Å². The van der Waals surface area contributed by atoms with Crippen molar-refractivity contribution in [2.75, 3.05) is 31.0 Å². The van der Waals surface area contributed by atoms with Crippen LogP contribution in [0.15, 0.2) is 0 Å². The van der Waals surface area contributed by atoms with Crippen molar-refractivity contribution in [1.82, 2.24) is 0 Å². The van der Waals surface area contributed by atoms with Crippen LogP contribution < -0.4 is 0 Å². The standard InChI is InChI=1S/C11H19F5O6S2/c1-9(3-5-23(2,17)18,4-6-24(19,20)21)7-22-8-10(12,13)11(14,15)16/h3-8H2,1-2H3,(H,19,20,21)/p-1. The summed E-state index contributed by atoms with van der Waals surface area (Å²) in [6.07, 6.45) is -5.64. The van der Waals surface area contributed by atoms with E-state index in [-0.39, 0.29) is 6.42 Å². The maximum Gasteiger partial charge on any atom is 0.455 e. The molecule has 0 saturated carbocycles. The van der Waals surface area contributed by atoms with Gasteiger partial charge in [-0.1, -0.05) is 6.92 Å². The monoisotopic (exact) mass is 405 g/mol. The van der Waals surface area contributed by atoms with E-state index >= 15 is 0 Å². The number of halogens is 5. The SMILES string of the molecule is CC(CCS(C)(=O)=O)(CCS(=O)(=O)[O-])COCC(F)(F)C(F)(F)F. The first kappa shape index (κ1) is 23.5. The molecule has 0 spiro atoms. The fourth-order valence-corrected chi connectivity index (χ4v) is 3.19. The molecule has 0 aromatic heterocycles. The number of alkyl halides is 5. The molecule has 0 N–H and O–H groups in total. The lowest BCUT2D eigenvalue weighted by Gasteiger charge is -2.30. The Bertz CT molecular complexity index is 575. The van der Waals surface area contributed by atoms with E-state index in [1.807, 2.05) is 0 Å². The van der Waals surface area contributed by atoms with Crippen LogP contribution in [0.3, 0.4) is 0 Å². The Morgan fingerprint density at radius 3 is 1.75 bits per heavy atom. The van der Waals surface area contributed by atoms with Crippen molar-refractivity contribution in [3.8, 4) is 0 Å². The van der Waals surface area contributed by atoms with Crippen molar-refractivity contribution in [2.24, 2.45) is 5.41 Å². The zero-order valence-electron chi connectivity index (χ0n) is 12.9. The Labute approximate surface area is 137 Å². The van der Waals surface area contributed by atoms with Crippen LogP contribution in [-0.2, 0) is 24.7 Å². The molecular weight excluding hydrogens is 387 g/mol. The van der Waals surface area contributed by atoms with Crippen LogP contribution in [0.4, 0.5) is 22.0 Å². The van der Waals surface area contributed by atoms with Crippen molar-refractivity contribution in [3.05, 3.63) is 0 Å². The number of hydrogen-bond donors (Lipinski definition) is 0. The lowest BCUT2D eigenvalue weighted by molar-refractivity contribution is -0.298. The summed E-state index contributed by atoms with van der Waals surface area (Å²) >= 11 is 0. The summed E-state index contributed by atoms with van der Waals surface area (Å²) in [6, 6.07) is 0. The molecule has 1 atom stereocenters. The molecule has 0 aliphatic heterocycles. The predicted octanol–water partition coefficient (Wildman–Crippen LogP) is 1.58. The Hall–Kier alpha value is -0.530. The summed E-state index contributed by atoms with van der Waals surface area (Å²) in [7, 11) is -8.17. The Kier molecular flexibility index (Phi) is 7.62. The van der Waals surface area contributed by atoms with Crippen molar-refractivity contribution in [2.45, 2.75) is 31.9 Å². The quantitative estimate of drug-likeness (QED) is 0.404. The molecular formula is C11H18F5O6S2-. The lowest BCUT2D eigenvalue weighted by atomic mass is 9.85. The molecule has 0 fully saturated rings. The first-order valence-electron chi connectivity index (χ1n) is 6.51. The molecule has 13 heteroatoms. The van der Waals surface area contributed by atoms with Gasteiger partial charge in [-0.05, 0) is 18.3 Å². The van der Waals surface area contributed by atoms with Gasteiger partial charge >= 0.3 is 12.1 Å². The number of rotatable bonds is 10. The summed E-state index contributed by atoms with van der Waals surface area (Å²) in [6.45, 7) is -1.51. The topological polar surface area (TPSA) is 101 Å². The minimum absolute atomic E-state index is 0.265. The third-order valence-corrected chi connectivity index (χ3v) is 4.83. The highest BCUT2D eigenvalue weighted by atomic mass is 32.2. The van der Waals surface area contributed by atoms with E-state index in [0.717, 1.165) is 6.26 Å². The van der Waals surface area contributed by atoms with Crippen LogP contribution in [0.1, 0.15) is 19.8 Å². The van der Waals surface area contributed by atoms with Gasteiger partial charge in [0, 0.05) is 12.0 Å². The van der Waals surface area contributed by atoms with Crippen LogP contribution >= 0.6 is 0 Å². The fourth-order valence-electron chi connectivity index (χ4n) is 1.58. The summed E-state index contributed by atoms with van der Waals surface area (Å²) in [5, 5.41) is 0. The average Bonchev–Trinajstić information content (AvgIpc) is 2.31. The first-order chi connectivity index (χ1) is 10.4. The zero-order chi connectivity index (χ0) is 19.4. The molecule has 0 heterocycles. The second-order valence-electron chi connectivity index (χ2n) is 5.90.